The zero-order valence-electron chi connectivity index (χ0n) is 12.8. The number of ether oxygens (including phenoxy) is 1. The van der Waals surface area contributed by atoms with Crippen molar-refractivity contribution in [2.75, 3.05) is 12.8 Å². The van der Waals surface area contributed by atoms with Gasteiger partial charge in [-0.2, -0.15) is 0 Å². The molecule has 0 saturated heterocycles. The van der Waals surface area contributed by atoms with E-state index in [0.29, 0.717) is 0 Å². The van der Waals surface area contributed by atoms with Crippen LogP contribution in [0.5, 0.6) is 11.5 Å². The molecule has 0 amide bonds. The number of aromatic hydroxyl groups is 1. The van der Waals surface area contributed by atoms with Crippen LogP contribution in [0.15, 0.2) is 42.5 Å². The molecule has 0 atom stereocenters. The third kappa shape index (κ3) is 1.75. The molecule has 0 saturated carbocycles. The summed E-state index contributed by atoms with van der Waals surface area (Å²) < 4.78 is 5.09. The molecule has 1 aliphatic carbocycles. The molecular weight excluding hydrogens is 306 g/mol. The summed E-state index contributed by atoms with van der Waals surface area (Å²) in [5.41, 5.74) is 6.54. The van der Waals surface area contributed by atoms with Gasteiger partial charge in [-0.3, -0.25) is 9.59 Å². The Labute approximate surface area is 137 Å². The van der Waals surface area contributed by atoms with Crippen LogP contribution in [-0.4, -0.2) is 23.8 Å². The fourth-order valence-corrected chi connectivity index (χ4v) is 3.18. The molecule has 1 aliphatic rings. The number of anilines is 1. The summed E-state index contributed by atoms with van der Waals surface area (Å²) in [5.74, 6) is -0.959. The van der Waals surface area contributed by atoms with Crippen molar-refractivity contribution in [1.29, 1.82) is 0 Å². The van der Waals surface area contributed by atoms with Gasteiger partial charge in [0.2, 0.25) is 0 Å². The lowest BCUT2D eigenvalue weighted by atomic mass is 9.81. The smallest absolute Gasteiger partial charge is 0.198 e. The van der Waals surface area contributed by atoms with E-state index < -0.39 is 11.6 Å². The number of benzene rings is 3. The Hall–Kier alpha value is -3.34. The molecule has 118 valence electrons. The van der Waals surface area contributed by atoms with Crippen molar-refractivity contribution in [2.24, 2.45) is 0 Å². The number of rotatable bonds is 1. The van der Waals surface area contributed by atoms with Gasteiger partial charge >= 0.3 is 0 Å². The monoisotopic (exact) mass is 319 g/mol. The molecule has 24 heavy (non-hydrogen) atoms. The van der Waals surface area contributed by atoms with E-state index in [9.17, 15) is 14.7 Å². The van der Waals surface area contributed by atoms with Crippen LogP contribution in [0, 0.1) is 0 Å². The van der Waals surface area contributed by atoms with E-state index in [-0.39, 0.29) is 39.4 Å². The van der Waals surface area contributed by atoms with Crippen LogP contribution in [0.3, 0.4) is 0 Å². The van der Waals surface area contributed by atoms with Crippen LogP contribution >= 0.6 is 0 Å². The molecule has 0 spiro atoms. The second-order valence-electron chi connectivity index (χ2n) is 5.66. The third-order valence-electron chi connectivity index (χ3n) is 4.36. The highest BCUT2D eigenvalue weighted by atomic mass is 16.5. The molecule has 0 bridgehead atoms. The Bertz CT molecular complexity index is 1050. The second kappa shape index (κ2) is 4.83. The first-order chi connectivity index (χ1) is 11.5. The summed E-state index contributed by atoms with van der Waals surface area (Å²) in [4.78, 5) is 25.8. The highest BCUT2D eigenvalue weighted by Gasteiger charge is 2.35. The van der Waals surface area contributed by atoms with Gasteiger partial charge in [-0.15, -0.1) is 0 Å². The highest BCUT2D eigenvalue weighted by molar-refractivity contribution is 6.32. The molecule has 3 N–H and O–H groups in total. The molecule has 5 nitrogen and oxygen atoms in total. The average molecular weight is 319 g/mol. The first kappa shape index (κ1) is 14.3. The molecule has 3 aromatic rings. The first-order valence-electron chi connectivity index (χ1n) is 7.34. The summed E-state index contributed by atoms with van der Waals surface area (Å²) in [7, 11) is 1.38. The van der Waals surface area contributed by atoms with E-state index in [4.69, 9.17) is 10.5 Å². The predicted octanol–water partition coefficient (Wildman–Crippen LogP) is 2.91. The number of fused-ring (bicyclic) bond motifs is 3. The summed E-state index contributed by atoms with van der Waals surface area (Å²) in [6, 6.07) is 12.1. The summed E-state index contributed by atoms with van der Waals surface area (Å²) in [6.07, 6.45) is 0. The van der Waals surface area contributed by atoms with Gasteiger partial charge in [0.25, 0.3) is 0 Å². The Morgan fingerprint density at radius 2 is 1.46 bits per heavy atom. The number of hydrogen-bond acceptors (Lipinski definition) is 5. The molecule has 0 heterocycles. The molecule has 4 rings (SSSR count). The van der Waals surface area contributed by atoms with Crippen LogP contribution in [0.4, 0.5) is 5.69 Å². The lowest BCUT2D eigenvalue weighted by Gasteiger charge is -2.21. The van der Waals surface area contributed by atoms with Gasteiger partial charge in [0.1, 0.15) is 11.5 Å². The Morgan fingerprint density at radius 3 is 2.00 bits per heavy atom. The van der Waals surface area contributed by atoms with E-state index in [1.807, 2.05) is 24.3 Å². The Balaban J connectivity index is 2.08. The number of phenols is 1. The first-order valence-corrected chi connectivity index (χ1v) is 7.34. The number of phenolic OH excluding ortho intramolecular Hbond substituents is 1. The number of nitrogens with two attached hydrogens (primary N) is 1. The van der Waals surface area contributed by atoms with Gasteiger partial charge < -0.3 is 15.6 Å². The van der Waals surface area contributed by atoms with Crippen molar-refractivity contribution in [3.05, 3.63) is 64.7 Å². The molecule has 0 radical (unpaired) electrons. The van der Waals surface area contributed by atoms with Gasteiger partial charge in [-0.1, -0.05) is 24.3 Å². The van der Waals surface area contributed by atoms with E-state index in [1.165, 1.54) is 13.2 Å². The lowest BCUT2D eigenvalue weighted by molar-refractivity contribution is 0.0977. The van der Waals surface area contributed by atoms with Crippen molar-refractivity contribution in [3.8, 4) is 11.5 Å². The minimum atomic E-state index is -0.419. The van der Waals surface area contributed by atoms with Gasteiger partial charge in [-0.05, 0) is 22.9 Å². The topological polar surface area (TPSA) is 89.6 Å². The SMILES string of the molecule is COc1cc(O)c2c(c1N)C(=O)c1cc3ccccc3cc1C2=O. The van der Waals surface area contributed by atoms with Crippen LogP contribution in [0.1, 0.15) is 31.8 Å². The van der Waals surface area contributed by atoms with Crippen LogP contribution in [-0.2, 0) is 0 Å². The molecule has 0 unspecified atom stereocenters. The van der Waals surface area contributed by atoms with Gasteiger partial charge in [0.15, 0.2) is 11.6 Å². The van der Waals surface area contributed by atoms with Gasteiger partial charge in [0, 0.05) is 17.2 Å². The number of ketones is 2. The van der Waals surface area contributed by atoms with E-state index in [2.05, 4.69) is 0 Å². The van der Waals surface area contributed by atoms with Crippen molar-refractivity contribution >= 4 is 28.0 Å². The maximum absolute atomic E-state index is 12.9. The maximum atomic E-state index is 12.9. The molecule has 5 heteroatoms. The predicted molar refractivity (Wildman–Crippen MR) is 89.9 cm³/mol. The zero-order valence-corrected chi connectivity index (χ0v) is 12.8. The minimum Gasteiger partial charge on any atom is -0.507 e. The van der Waals surface area contributed by atoms with Crippen LogP contribution in [0.2, 0.25) is 0 Å². The number of carbonyl (C=O) groups excluding carboxylic acids is 2. The average Bonchev–Trinajstić information content (AvgIpc) is 2.59. The summed E-state index contributed by atoms with van der Waals surface area (Å²) in [5, 5.41) is 11.9. The Morgan fingerprint density at radius 1 is 0.917 bits per heavy atom. The van der Waals surface area contributed by atoms with Crippen molar-refractivity contribution in [1.82, 2.24) is 0 Å². The van der Waals surface area contributed by atoms with E-state index >= 15 is 0 Å². The fourth-order valence-electron chi connectivity index (χ4n) is 3.18. The number of nitrogen functional groups attached to an aromatic ring is 1. The minimum absolute atomic E-state index is 0.000342. The van der Waals surface area contributed by atoms with Gasteiger partial charge in [-0.25, -0.2) is 0 Å². The van der Waals surface area contributed by atoms with Crippen LogP contribution < -0.4 is 10.5 Å². The van der Waals surface area contributed by atoms with Gasteiger partial charge in [0.05, 0.1) is 23.9 Å². The molecule has 0 aromatic heterocycles. The molecular formula is C19H13NO4. The van der Waals surface area contributed by atoms with E-state index in [1.54, 1.807) is 12.1 Å². The largest absolute Gasteiger partial charge is 0.507 e. The van der Waals surface area contributed by atoms with Crippen molar-refractivity contribution in [2.45, 2.75) is 0 Å². The quantitative estimate of drug-likeness (QED) is 0.416. The highest BCUT2D eigenvalue weighted by Crippen LogP contribution is 2.41. The number of carbonyl (C=O) groups is 2. The summed E-state index contributed by atoms with van der Waals surface area (Å²) in [6.45, 7) is 0. The summed E-state index contributed by atoms with van der Waals surface area (Å²) >= 11 is 0. The fraction of sp³-hybridized carbons (Fsp3) is 0.0526. The standard InChI is InChI=1S/C19H13NO4/c1-24-14-8-13(21)15-16(17(14)20)19(23)12-7-10-5-3-2-4-9(10)6-11(12)18(15)22/h2-8,21H,20H2,1H3. The molecule has 0 aliphatic heterocycles. The number of methoxy groups -OCH3 is 1. The molecule has 3 aromatic carbocycles. The zero-order chi connectivity index (χ0) is 17.0. The van der Waals surface area contributed by atoms with Crippen LogP contribution in [0.25, 0.3) is 10.8 Å². The van der Waals surface area contributed by atoms with E-state index in [0.717, 1.165) is 10.8 Å². The maximum Gasteiger partial charge on any atom is 0.198 e. The molecule has 0 fully saturated rings. The van der Waals surface area contributed by atoms with Crippen molar-refractivity contribution in [3.63, 3.8) is 0 Å². The Kier molecular flexibility index (Phi) is 2.87. The third-order valence-corrected chi connectivity index (χ3v) is 4.36. The lowest BCUT2D eigenvalue weighted by Crippen LogP contribution is -2.23. The normalized spacial score (nSPS) is 12.9. The number of hydrogen-bond donors (Lipinski definition) is 2. The second-order valence-corrected chi connectivity index (χ2v) is 5.66. The van der Waals surface area contributed by atoms with Crippen molar-refractivity contribution < 1.29 is 19.4 Å².